The average Bonchev–Trinajstić information content (AvgIpc) is 2.28. The minimum absolute atomic E-state index is 0.507. The van der Waals surface area contributed by atoms with Gasteiger partial charge in [-0.15, -0.1) is 0 Å². The Morgan fingerprint density at radius 3 is 2.61 bits per heavy atom. The van der Waals surface area contributed by atoms with Gasteiger partial charge in [0.15, 0.2) is 0 Å². The van der Waals surface area contributed by atoms with Gasteiger partial charge >= 0.3 is 5.97 Å². The molecule has 1 aromatic carbocycles. The highest BCUT2D eigenvalue weighted by molar-refractivity contribution is 7.89. The van der Waals surface area contributed by atoms with Crippen LogP contribution in [0, 0.1) is 12.7 Å². The molecule has 0 saturated carbocycles. The number of aliphatic carboxylic acids is 1. The third-order valence-corrected chi connectivity index (χ3v) is 3.64. The van der Waals surface area contributed by atoms with E-state index in [1.165, 1.54) is 6.07 Å². The third kappa shape index (κ3) is 3.25. The Labute approximate surface area is 103 Å². The molecule has 1 aromatic rings. The van der Waals surface area contributed by atoms with Crippen LogP contribution in [-0.4, -0.2) is 37.2 Å². The van der Waals surface area contributed by atoms with Crippen LogP contribution in [0.1, 0.15) is 5.56 Å². The topological polar surface area (TPSA) is 104 Å². The summed E-state index contributed by atoms with van der Waals surface area (Å²) < 4.78 is 38.6. The van der Waals surface area contributed by atoms with Crippen LogP contribution >= 0.6 is 0 Å². The van der Waals surface area contributed by atoms with Gasteiger partial charge in [-0.05, 0) is 24.6 Å². The maximum absolute atomic E-state index is 13.4. The lowest BCUT2D eigenvalue weighted by Crippen LogP contribution is -2.43. The van der Waals surface area contributed by atoms with E-state index in [1.54, 1.807) is 11.6 Å². The van der Waals surface area contributed by atoms with Crippen molar-refractivity contribution in [3.63, 3.8) is 0 Å². The van der Waals surface area contributed by atoms with Gasteiger partial charge in [-0.1, -0.05) is 6.07 Å². The third-order valence-electron chi connectivity index (χ3n) is 2.15. The number of nitrogens with one attached hydrogen (secondary N) is 1. The molecule has 3 N–H and O–H groups in total. The van der Waals surface area contributed by atoms with Crippen molar-refractivity contribution in [3.8, 4) is 0 Å². The van der Waals surface area contributed by atoms with E-state index >= 15 is 0 Å². The zero-order chi connectivity index (χ0) is 13.9. The Balaban J connectivity index is 3.14. The van der Waals surface area contributed by atoms with Gasteiger partial charge in [0, 0.05) is 0 Å². The second-order valence-corrected chi connectivity index (χ2v) is 5.31. The molecule has 0 spiro atoms. The van der Waals surface area contributed by atoms with Crippen molar-refractivity contribution >= 4 is 16.0 Å². The number of halogens is 1. The van der Waals surface area contributed by atoms with E-state index in [-0.39, 0.29) is 0 Å². The molecule has 0 amide bonds. The van der Waals surface area contributed by atoms with Crippen LogP contribution in [0.25, 0.3) is 0 Å². The molecule has 18 heavy (non-hydrogen) atoms. The maximum Gasteiger partial charge on any atom is 0.324 e. The molecule has 6 nitrogen and oxygen atoms in total. The molecule has 1 unspecified atom stereocenters. The normalized spacial score (nSPS) is 13.3. The summed E-state index contributed by atoms with van der Waals surface area (Å²) in [5.41, 5.74) is 0.507. The lowest BCUT2D eigenvalue weighted by molar-refractivity contribution is -0.139. The Bertz CT molecular complexity index is 557. The highest BCUT2D eigenvalue weighted by atomic mass is 32.2. The molecule has 0 aliphatic carbocycles. The van der Waals surface area contributed by atoms with Crippen LogP contribution in [0.4, 0.5) is 4.39 Å². The summed E-state index contributed by atoms with van der Waals surface area (Å²) in [5.74, 6) is -2.54. The van der Waals surface area contributed by atoms with Gasteiger partial charge in [-0.25, -0.2) is 12.8 Å². The first-order chi connectivity index (χ1) is 8.27. The molecule has 0 fully saturated rings. The quantitative estimate of drug-likeness (QED) is 0.695. The van der Waals surface area contributed by atoms with Crippen LogP contribution in [0.2, 0.25) is 0 Å². The first-order valence-electron chi connectivity index (χ1n) is 4.90. The summed E-state index contributed by atoms with van der Waals surface area (Å²) in [4.78, 5) is 9.96. The highest BCUT2D eigenvalue weighted by Gasteiger charge is 2.26. The Morgan fingerprint density at radius 1 is 1.50 bits per heavy atom. The van der Waals surface area contributed by atoms with Crippen molar-refractivity contribution in [2.24, 2.45) is 0 Å². The fourth-order valence-electron chi connectivity index (χ4n) is 1.23. The first kappa shape index (κ1) is 14.6. The number of sulfonamides is 1. The van der Waals surface area contributed by atoms with Gasteiger partial charge in [0.2, 0.25) is 10.0 Å². The molecule has 0 radical (unpaired) electrons. The summed E-state index contributed by atoms with van der Waals surface area (Å²) in [6, 6.07) is 1.72. The smallest absolute Gasteiger partial charge is 0.324 e. The predicted molar refractivity (Wildman–Crippen MR) is 60.0 cm³/mol. The Hall–Kier alpha value is -1.51. The van der Waals surface area contributed by atoms with E-state index in [0.29, 0.717) is 5.56 Å². The molecule has 0 aromatic heterocycles. The monoisotopic (exact) mass is 277 g/mol. The van der Waals surface area contributed by atoms with Gasteiger partial charge < -0.3 is 10.2 Å². The number of benzene rings is 1. The van der Waals surface area contributed by atoms with Crippen molar-refractivity contribution in [2.45, 2.75) is 17.9 Å². The summed E-state index contributed by atoms with van der Waals surface area (Å²) in [7, 11) is -4.34. The Morgan fingerprint density at radius 2 is 2.11 bits per heavy atom. The summed E-state index contributed by atoms with van der Waals surface area (Å²) >= 11 is 0. The van der Waals surface area contributed by atoms with E-state index in [4.69, 9.17) is 10.2 Å². The van der Waals surface area contributed by atoms with Crippen molar-refractivity contribution in [1.29, 1.82) is 0 Å². The SMILES string of the molecule is Cc1ccc(F)c(S(=O)(=O)NC(CO)C(=O)O)c1. The fourth-order valence-corrected chi connectivity index (χ4v) is 2.58. The second kappa shape index (κ2) is 5.42. The number of aliphatic hydroxyl groups is 1. The van der Waals surface area contributed by atoms with Crippen LogP contribution in [0.5, 0.6) is 0 Å². The minimum Gasteiger partial charge on any atom is -0.480 e. The molecule has 0 aliphatic heterocycles. The summed E-state index contributed by atoms with van der Waals surface area (Å²) in [6.45, 7) is 0.640. The second-order valence-electron chi connectivity index (χ2n) is 3.63. The summed E-state index contributed by atoms with van der Waals surface area (Å²) in [5, 5.41) is 17.4. The average molecular weight is 277 g/mol. The Kier molecular flexibility index (Phi) is 4.38. The van der Waals surface area contributed by atoms with E-state index in [1.807, 2.05) is 0 Å². The van der Waals surface area contributed by atoms with Crippen LogP contribution < -0.4 is 4.72 Å². The molecule has 100 valence electrons. The molecule has 0 saturated heterocycles. The molecule has 0 bridgehead atoms. The number of hydrogen-bond donors (Lipinski definition) is 3. The molecular weight excluding hydrogens is 265 g/mol. The zero-order valence-electron chi connectivity index (χ0n) is 9.42. The van der Waals surface area contributed by atoms with Crippen LogP contribution in [0.15, 0.2) is 23.1 Å². The molecule has 8 heteroatoms. The largest absolute Gasteiger partial charge is 0.480 e. The van der Waals surface area contributed by atoms with Crippen LogP contribution in [-0.2, 0) is 14.8 Å². The number of carboxylic acid groups (broad SMARTS) is 1. The van der Waals surface area contributed by atoms with Gasteiger partial charge in [0.25, 0.3) is 0 Å². The highest BCUT2D eigenvalue weighted by Crippen LogP contribution is 2.16. The van der Waals surface area contributed by atoms with Gasteiger partial charge in [-0.3, -0.25) is 4.79 Å². The van der Waals surface area contributed by atoms with Crippen molar-refractivity contribution in [3.05, 3.63) is 29.6 Å². The maximum atomic E-state index is 13.4. The van der Waals surface area contributed by atoms with Gasteiger partial charge in [0.05, 0.1) is 6.61 Å². The summed E-state index contributed by atoms with van der Waals surface area (Å²) in [6.07, 6.45) is 0. The van der Waals surface area contributed by atoms with E-state index in [9.17, 15) is 17.6 Å². The standard InChI is InChI=1S/C10H12FNO5S/c1-6-2-3-7(11)9(4-6)18(16,17)12-8(5-13)10(14)15/h2-4,8,12-13H,5H2,1H3,(H,14,15). The van der Waals surface area contributed by atoms with Crippen LogP contribution in [0.3, 0.4) is 0 Å². The minimum atomic E-state index is -4.34. The van der Waals surface area contributed by atoms with E-state index in [0.717, 1.165) is 12.1 Å². The van der Waals surface area contributed by atoms with Crippen molar-refractivity contribution < 1.29 is 27.8 Å². The van der Waals surface area contributed by atoms with E-state index < -0.39 is 39.4 Å². The zero-order valence-corrected chi connectivity index (χ0v) is 10.2. The van der Waals surface area contributed by atoms with Gasteiger partial charge in [0.1, 0.15) is 16.8 Å². The number of aliphatic hydroxyl groups excluding tert-OH is 1. The predicted octanol–water partition coefficient (Wildman–Crippen LogP) is -0.142. The number of carbonyl (C=O) groups is 1. The van der Waals surface area contributed by atoms with Gasteiger partial charge in [-0.2, -0.15) is 4.72 Å². The molecule has 1 rings (SSSR count). The van der Waals surface area contributed by atoms with Crippen molar-refractivity contribution in [2.75, 3.05) is 6.61 Å². The number of carboxylic acids is 1. The first-order valence-corrected chi connectivity index (χ1v) is 6.38. The van der Waals surface area contributed by atoms with Crippen molar-refractivity contribution in [1.82, 2.24) is 4.72 Å². The number of hydrogen-bond acceptors (Lipinski definition) is 4. The molecular formula is C10H12FNO5S. The molecule has 0 aliphatic rings. The molecule has 1 atom stereocenters. The van der Waals surface area contributed by atoms with E-state index in [2.05, 4.69) is 0 Å². The fraction of sp³-hybridized carbons (Fsp3) is 0.300. The molecule has 0 heterocycles. The number of rotatable bonds is 5. The lowest BCUT2D eigenvalue weighted by Gasteiger charge is -2.13. The lowest BCUT2D eigenvalue weighted by atomic mass is 10.2. The number of aryl methyl sites for hydroxylation is 1.